The van der Waals surface area contributed by atoms with Gasteiger partial charge in [-0.15, -0.1) is 0 Å². The number of rotatable bonds is 5. The SMILES string of the molecule is COc1ccc(C)c2sc(N(Cc3ccccc3)C(=O)c3ccc(F)cc3)nc12. The number of nitrogens with zero attached hydrogens (tertiary/aromatic N) is 2. The summed E-state index contributed by atoms with van der Waals surface area (Å²) in [5.41, 5.74) is 3.19. The molecule has 4 aromatic rings. The molecule has 1 aromatic heterocycles. The predicted molar refractivity (Wildman–Crippen MR) is 114 cm³/mol. The van der Waals surface area contributed by atoms with Gasteiger partial charge in [-0.05, 0) is 48.4 Å². The molecule has 0 N–H and O–H groups in total. The highest BCUT2D eigenvalue weighted by Gasteiger charge is 2.23. The zero-order chi connectivity index (χ0) is 20.4. The first-order valence-corrected chi connectivity index (χ1v) is 9.94. The number of hydrogen-bond donors (Lipinski definition) is 0. The Kier molecular flexibility index (Phi) is 5.27. The monoisotopic (exact) mass is 406 g/mol. The van der Waals surface area contributed by atoms with Crippen molar-refractivity contribution in [2.45, 2.75) is 13.5 Å². The van der Waals surface area contributed by atoms with E-state index in [4.69, 9.17) is 9.72 Å². The number of carbonyl (C=O) groups is 1. The third kappa shape index (κ3) is 3.84. The minimum atomic E-state index is -0.378. The molecule has 1 amide bonds. The van der Waals surface area contributed by atoms with E-state index < -0.39 is 0 Å². The lowest BCUT2D eigenvalue weighted by Gasteiger charge is -2.20. The summed E-state index contributed by atoms with van der Waals surface area (Å²) in [6.07, 6.45) is 0. The van der Waals surface area contributed by atoms with Crippen LogP contribution in [0.2, 0.25) is 0 Å². The maximum Gasteiger partial charge on any atom is 0.260 e. The van der Waals surface area contributed by atoms with Gasteiger partial charge in [0.2, 0.25) is 0 Å². The van der Waals surface area contributed by atoms with Crippen molar-refractivity contribution in [2.75, 3.05) is 12.0 Å². The molecule has 4 nitrogen and oxygen atoms in total. The summed E-state index contributed by atoms with van der Waals surface area (Å²) in [6.45, 7) is 2.37. The number of carbonyl (C=O) groups excluding carboxylic acids is 1. The molecular weight excluding hydrogens is 387 g/mol. The quantitative estimate of drug-likeness (QED) is 0.433. The summed E-state index contributed by atoms with van der Waals surface area (Å²) in [5.74, 6) is 0.0584. The van der Waals surface area contributed by atoms with Crippen LogP contribution in [-0.2, 0) is 6.54 Å². The molecule has 146 valence electrons. The van der Waals surface area contributed by atoms with Crippen LogP contribution >= 0.6 is 11.3 Å². The van der Waals surface area contributed by atoms with Crippen molar-refractivity contribution in [1.29, 1.82) is 0 Å². The van der Waals surface area contributed by atoms with Crippen LogP contribution in [0.5, 0.6) is 5.75 Å². The predicted octanol–water partition coefficient (Wildman–Crippen LogP) is 5.60. The summed E-state index contributed by atoms with van der Waals surface area (Å²) in [7, 11) is 1.61. The molecule has 0 aliphatic rings. The molecule has 0 unspecified atom stereocenters. The van der Waals surface area contributed by atoms with E-state index in [-0.39, 0.29) is 11.7 Å². The largest absolute Gasteiger partial charge is 0.494 e. The molecule has 0 atom stereocenters. The second-order valence-corrected chi connectivity index (χ2v) is 7.62. The Bertz CT molecular complexity index is 1160. The fourth-order valence-electron chi connectivity index (χ4n) is 3.12. The molecule has 0 aliphatic carbocycles. The van der Waals surface area contributed by atoms with E-state index in [1.807, 2.05) is 49.4 Å². The van der Waals surface area contributed by atoms with E-state index >= 15 is 0 Å². The van der Waals surface area contributed by atoms with Crippen LogP contribution in [-0.4, -0.2) is 18.0 Å². The van der Waals surface area contributed by atoms with Crippen molar-refractivity contribution < 1.29 is 13.9 Å². The lowest BCUT2D eigenvalue weighted by molar-refractivity contribution is 0.0985. The van der Waals surface area contributed by atoms with E-state index in [0.717, 1.165) is 21.3 Å². The van der Waals surface area contributed by atoms with Crippen molar-refractivity contribution >= 4 is 32.6 Å². The van der Waals surface area contributed by atoms with Crippen LogP contribution < -0.4 is 9.64 Å². The summed E-state index contributed by atoms with van der Waals surface area (Å²) >= 11 is 1.45. The van der Waals surface area contributed by atoms with Crippen LogP contribution in [0.15, 0.2) is 66.7 Å². The first-order valence-electron chi connectivity index (χ1n) is 9.12. The second-order valence-electron chi connectivity index (χ2n) is 6.64. The van der Waals surface area contributed by atoms with Gasteiger partial charge in [0.05, 0.1) is 18.4 Å². The fraction of sp³-hybridized carbons (Fsp3) is 0.130. The Morgan fingerprint density at radius 2 is 1.79 bits per heavy atom. The van der Waals surface area contributed by atoms with E-state index in [2.05, 4.69) is 0 Å². The number of thiazole rings is 1. The van der Waals surface area contributed by atoms with Crippen molar-refractivity contribution in [3.63, 3.8) is 0 Å². The molecule has 3 aromatic carbocycles. The Labute approximate surface area is 172 Å². The number of hydrogen-bond acceptors (Lipinski definition) is 4. The average Bonchev–Trinajstić information content (AvgIpc) is 3.19. The van der Waals surface area contributed by atoms with E-state index in [9.17, 15) is 9.18 Å². The lowest BCUT2D eigenvalue weighted by Crippen LogP contribution is -2.30. The number of aromatic nitrogens is 1. The summed E-state index contributed by atoms with van der Waals surface area (Å²) in [5, 5.41) is 0.575. The van der Waals surface area contributed by atoms with Crippen molar-refractivity contribution in [3.05, 3.63) is 89.2 Å². The first-order chi connectivity index (χ1) is 14.1. The zero-order valence-electron chi connectivity index (χ0n) is 16.1. The maximum atomic E-state index is 13.3. The van der Waals surface area contributed by atoms with Crippen LogP contribution in [0, 0.1) is 12.7 Å². The van der Waals surface area contributed by atoms with Gasteiger partial charge in [-0.1, -0.05) is 47.7 Å². The molecule has 29 heavy (non-hydrogen) atoms. The highest BCUT2D eigenvalue weighted by molar-refractivity contribution is 7.22. The molecule has 1 heterocycles. The normalized spacial score (nSPS) is 10.9. The van der Waals surface area contributed by atoms with Gasteiger partial charge in [-0.2, -0.15) is 0 Å². The standard InChI is InChI=1S/C23H19FN2O2S/c1-15-8-13-19(28-2)20-21(15)29-23(25-20)26(14-16-6-4-3-5-7-16)22(27)17-9-11-18(24)12-10-17/h3-13H,14H2,1-2H3. The fourth-order valence-corrected chi connectivity index (χ4v) is 4.17. The van der Waals surface area contributed by atoms with Gasteiger partial charge >= 0.3 is 0 Å². The third-order valence-corrected chi connectivity index (χ3v) is 5.88. The third-order valence-electron chi connectivity index (χ3n) is 4.66. The minimum Gasteiger partial charge on any atom is -0.494 e. The second kappa shape index (κ2) is 8.01. The number of ether oxygens (including phenoxy) is 1. The molecule has 0 saturated heterocycles. The topological polar surface area (TPSA) is 42.4 Å². The molecule has 0 spiro atoms. The Balaban J connectivity index is 1.81. The summed E-state index contributed by atoms with van der Waals surface area (Å²) in [6, 6.07) is 19.2. The molecule has 0 saturated carbocycles. The van der Waals surface area contributed by atoms with E-state index in [0.29, 0.717) is 23.0 Å². The average molecular weight is 406 g/mol. The van der Waals surface area contributed by atoms with Gasteiger partial charge in [0.25, 0.3) is 5.91 Å². The number of aryl methyl sites for hydroxylation is 1. The minimum absolute atomic E-state index is 0.232. The number of benzene rings is 3. The number of fused-ring (bicyclic) bond motifs is 1. The highest BCUT2D eigenvalue weighted by Crippen LogP contribution is 2.37. The molecule has 0 aliphatic heterocycles. The van der Waals surface area contributed by atoms with Crippen molar-refractivity contribution in [3.8, 4) is 5.75 Å². The maximum absolute atomic E-state index is 13.3. The number of amides is 1. The number of anilines is 1. The number of halogens is 1. The van der Waals surface area contributed by atoms with Gasteiger partial charge in [0, 0.05) is 5.56 Å². The molecule has 0 fully saturated rings. The van der Waals surface area contributed by atoms with Crippen LogP contribution in [0.3, 0.4) is 0 Å². The van der Waals surface area contributed by atoms with Crippen LogP contribution in [0.25, 0.3) is 10.2 Å². The number of methoxy groups -OCH3 is 1. The van der Waals surface area contributed by atoms with E-state index in [1.165, 1.54) is 35.6 Å². The first kappa shape index (κ1) is 19.1. The molecule has 0 radical (unpaired) electrons. The van der Waals surface area contributed by atoms with Crippen molar-refractivity contribution in [2.24, 2.45) is 0 Å². The van der Waals surface area contributed by atoms with Gasteiger partial charge < -0.3 is 4.74 Å². The van der Waals surface area contributed by atoms with Gasteiger partial charge in [-0.25, -0.2) is 9.37 Å². The lowest BCUT2D eigenvalue weighted by atomic mass is 10.1. The Hall–Kier alpha value is -3.25. The van der Waals surface area contributed by atoms with Crippen LogP contribution in [0.4, 0.5) is 9.52 Å². The summed E-state index contributed by atoms with van der Waals surface area (Å²) < 4.78 is 19.8. The summed E-state index contributed by atoms with van der Waals surface area (Å²) in [4.78, 5) is 19.7. The van der Waals surface area contributed by atoms with Gasteiger partial charge in [0.1, 0.15) is 17.1 Å². The van der Waals surface area contributed by atoms with Gasteiger partial charge in [0.15, 0.2) is 5.13 Å². The molecule has 6 heteroatoms. The smallest absolute Gasteiger partial charge is 0.260 e. The van der Waals surface area contributed by atoms with Gasteiger partial charge in [-0.3, -0.25) is 9.69 Å². The Morgan fingerprint density at radius 3 is 2.48 bits per heavy atom. The Morgan fingerprint density at radius 1 is 1.07 bits per heavy atom. The van der Waals surface area contributed by atoms with Crippen LogP contribution in [0.1, 0.15) is 21.5 Å². The van der Waals surface area contributed by atoms with Crippen molar-refractivity contribution in [1.82, 2.24) is 4.98 Å². The molecule has 4 rings (SSSR count). The van der Waals surface area contributed by atoms with E-state index in [1.54, 1.807) is 12.0 Å². The highest BCUT2D eigenvalue weighted by atomic mass is 32.1. The molecular formula is C23H19FN2O2S. The zero-order valence-corrected chi connectivity index (χ0v) is 16.9. The molecule has 0 bridgehead atoms.